The zero-order valence-corrected chi connectivity index (χ0v) is 15.6. The van der Waals surface area contributed by atoms with Gasteiger partial charge in [-0.1, -0.05) is 18.2 Å². The average molecular weight is 352 g/mol. The summed E-state index contributed by atoms with van der Waals surface area (Å²) in [5, 5.41) is 13.8. The molecule has 0 aliphatic rings. The van der Waals surface area contributed by atoms with Crippen molar-refractivity contribution in [3.8, 4) is 28.3 Å². The summed E-state index contributed by atoms with van der Waals surface area (Å²) >= 11 is 0. The number of nitrogens with zero attached hydrogens (tertiary/aromatic N) is 2. The Kier molecular flexibility index (Phi) is 5.28. The lowest BCUT2D eigenvalue weighted by Crippen LogP contribution is -2.00. The minimum atomic E-state index is 0.155. The first kappa shape index (κ1) is 18.0. The SMILES string of the molecule is COc1ccc(-c2c(C)nn(-c3ccc(CCO)cc3)c2C)cc1OC. The lowest BCUT2D eigenvalue weighted by atomic mass is 10.0. The number of benzene rings is 2. The lowest BCUT2D eigenvalue weighted by molar-refractivity contribution is 0.299. The summed E-state index contributed by atoms with van der Waals surface area (Å²) < 4.78 is 12.7. The summed E-state index contributed by atoms with van der Waals surface area (Å²) in [5.41, 5.74) is 6.25. The molecule has 136 valence electrons. The van der Waals surface area contributed by atoms with Gasteiger partial charge in [-0.05, 0) is 55.7 Å². The number of methoxy groups -OCH3 is 2. The van der Waals surface area contributed by atoms with E-state index >= 15 is 0 Å². The molecule has 0 spiro atoms. The van der Waals surface area contributed by atoms with E-state index in [9.17, 15) is 0 Å². The van der Waals surface area contributed by atoms with E-state index in [1.807, 2.05) is 54.1 Å². The molecule has 26 heavy (non-hydrogen) atoms. The second-order valence-corrected chi connectivity index (χ2v) is 6.17. The molecule has 0 atom stereocenters. The fraction of sp³-hybridized carbons (Fsp3) is 0.286. The number of aliphatic hydroxyl groups is 1. The summed E-state index contributed by atoms with van der Waals surface area (Å²) in [4.78, 5) is 0. The van der Waals surface area contributed by atoms with Crippen molar-refractivity contribution in [3.63, 3.8) is 0 Å². The quantitative estimate of drug-likeness (QED) is 0.735. The van der Waals surface area contributed by atoms with Crippen molar-refractivity contribution in [2.24, 2.45) is 0 Å². The van der Waals surface area contributed by atoms with Crippen LogP contribution in [-0.4, -0.2) is 35.7 Å². The number of hydrogen-bond donors (Lipinski definition) is 1. The smallest absolute Gasteiger partial charge is 0.161 e. The average Bonchev–Trinajstić information content (AvgIpc) is 2.96. The van der Waals surface area contributed by atoms with E-state index < -0.39 is 0 Å². The molecule has 5 nitrogen and oxygen atoms in total. The predicted molar refractivity (Wildman–Crippen MR) is 102 cm³/mol. The summed E-state index contributed by atoms with van der Waals surface area (Å²) in [6, 6.07) is 14.0. The van der Waals surface area contributed by atoms with Crippen molar-refractivity contribution in [2.45, 2.75) is 20.3 Å². The van der Waals surface area contributed by atoms with Gasteiger partial charge in [-0.3, -0.25) is 0 Å². The van der Waals surface area contributed by atoms with Gasteiger partial charge in [-0.25, -0.2) is 4.68 Å². The molecule has 0 radical (unpaired) electrons. The van der Waals surface area contributed by atoms with E-state index in [1.54, 1.807) is 14.2 Å². The molecule has 0 amide bonds. The van der Waals surface area contributed by atoms with Crippen LogP contribution in [0.15, 0.2) is 42.5 Å². The molecule has 3 aromatic rings. The number of hydrogen-bond acceptors (Lipinski definition) is 4. The third-order valence-corrected chi connectivity index (χ3v) is 4.54. The van der Waals surface area contributed by atoms with Gasteiger partial charge in [0.1, 0.15) is 0 Å². The fourth-order valence-corrected chi connectivity index (χ4v) is 3.24. The van der Waals surface area contributed by atoms with Crippen LogP contribution in [0.2, 0.25) is 0 Å². The highest BCUT2D eigenvalue weighted by Crippen LogP contribution is 2.35. The second kappa shape index (κ2) is 7.62. The number of aryl methyl sites for hydroxylation is 1. The molecule has 0 aliphatic carbocycles. The van der Waals surface area contributed by atoms with E-state index in [0.717, 1.165) is 33.8 Å². The van der Waals surface area contributed by atoms with Crippen molar-refractivity contribution in [2.75, 3.05) is 20.8 Å². The molecule has 0 unspecified atom stereocenters. The van der Waals surface area contributed by atoms with Crippen molar-refractivity contribution in [3.05, 3.63) is 59.4 Å². The van der Waals surface area contributed by atoms with E-state index in [2.05, 4.69) is 6.92 Å². The molecule has 1 aromatic heterocycles. The zero-order valence-electron chi connectivity index (χ0n) is 15.6. The largest absolute Gasteiger partial charge is 0.493 e. The van der Waals surface area contributed by atoms with Crippen LogP contribution < -0.4 is 9.47 Å². The highest BCUT2D eigenvalue weighted by molar-refractivity contribution is 5.72. The van der Waals surface area contributed by atoms with Gasteiger partial charge >= 0.3 is 0 Å². The van der Waals surface area contributed by atoms with Crippen LogP contribution in [0.4, 0.5) is 0 Å². The Morgan fingerprint density at radius 2 is 1.65 bits per heavy atom. The third-order valence-electron chi connectivity index (χ3n) is 4.54. The molecule has 1 heterocycles. The van der Waals surface area contributed by atoms with Gasteiger partial charge in [-0.2, -0.15) is 5.10 Å². The van der Waals surface area contributed by atoms with Crippen molar-refractivity contribution < 1.29 is 14.6 Å². The summed E-state index contributed by atoms with van der Waals surface area (Å²) in [6.07, 6.45) is 0.661. The first-order valence-electron chi connectivity index (χ1n) is 8.57. The molecule has 0 saturated heterocycles. The van der Waals surface area contributed by atoms with Crippen molar-refractivity contribution >= 4 is 0 Å². The minimum Gasteiger partial charge on any atom is -0.493 e. The maximum absolute atomic E-state index is 9.06. The summed E-state index contributed by atoms with van der Waals surface area (Å²) in [5.74, 6) is 1.41. The van der Waals surface area contributed by atoms with Crippen LogP contribution >= 0.6 is 0 Å². The molecule has 3 rings (SSSR count). The number of aliphatic hydroxyl groups excluding tert-OH is 1. The fourth-order valence-electron chi connectivity index (χ4n) is 3.24. The van der Waals surface area contributed by atoms with E-state index in [-0.39, 0.29) is 6.61 Å². The number of ether oxygens (including phenoxy) is 2. The first-order valence-corrected chi connectivity index (χ1v) is 8.57. The van der Waals surface area contributed by atoms with Crippen LogP contribution in [0, 0.1) is 13.8 Å². The van der Waals surface area contributed by atoms with Gasteiger partial charge < -0.3 is 14.6 Å². The highest BCUT2D eigenvalue weighted by atomic mass is 16.5. The van der Waals surface area contributed by atoms with Gasteiger partial charge in [0.05, 0.1) is 25.6 Å². The Balaban J connectivity index is 2.03. The van der Waals surface area contributed by atoms with Gasteiger partial charge in [0, 0.05) is 17.9 Å². The van der Waals surface area contributed by atoms with Crippen LogP contribution in [-0.2, 0) is 6.42 Å². The van der Waals surface area contributed by atoms with Gasteiger partial charge in [-0.15, -0.1) is 0 Å². The van der Waals surface area contributed by atoms with E-state index in [0.29, 0.717) is 17.9 Å². The third kappa shape index (κ3) is 3.30. The minimum absolute atomic E-state index is 0.155. The molecule has 5 heteroatoms. The zero-order chi connectivity index (χ0) is 18.7. The monoisotopic (exact) mass is 352 g/mol. The number of aromatic nitrogens is 2. The molecule has 0 saturated carbocycles. The Morgan fingerprint density at radius 3 is 2.27 bits per heavy atom. The van der Waals surface area contributed by atoms with E-state index in [1.165, 1.54) is 0 Å². The van der Waals surface area contributed by atoms with Crippen LogP contribution in [0.3, 0.4) is 0 Å². The molecule has 0 aliphatic heterocycles. The Hall–Kier alpha value is -2.79. The van der Waals surface area contributed by atoms with Crippen molar-refractivity contribution in [1.29, 1.82) is 0 Å². The first-order chi connectivity index (χ1) is 12.6. The van der Waals surface area contributed by atoms with Crippen LogP contribution in [0.1, 0.15) is 17.0 Å². The van der Waals surface area contributed by atoms with Crippen LogP contribution in [0.5, 0.6) is 11.5 Å². The Morgan fingerprint density at radius 1 is 0.962 bits per heavy atom. The highest BCUT2D eigenvalue weighted by Gasteiger charge is 2.16. The Bertz CT molecular complexity index is 898. The van der Waals surface area contributed by atoms with Crippen LogP contribution in [0.25, 0.3) is 16.8 Å². The topological polar surface area (TPSA) is 56.5 Å². The van der Waals surface area contributed by atoms with E-state index in [4.69, 9.17) is 19.7 Å². The summed E-state index contributed by atoms with van der Waals surface area (Å²) in [6.45, 7) is 4.23. The molecule has 1 N–H and O–H groups in total. The van der Waals surface area contributed by atoms with Gasteiger partial charge in [0.25, 0.3) is 0 Å². The molecular weight excluding hydrogens is 328 g/mol. The maximum Gasteiger partial charge on any atom is 0.161 e. The van der Waals surface area contributed by atoms with Crippen molar-refractivity contribution in [1.82, 2.24) is 9.78 Å². The van der Waals surface area contributed by atoms with Gasteiger partial charge in [0.15, 0.2) is 11.5 Å². The predicted octanol–water partition coefficient (Wildman–Crippen LogP) is 3.71. The molecule has 0 fully saturated rings. The van der Waals surface area contributed by atoms with Gasteiger partial charge in [0.2, 0.25) is 0 Å². The summed E-state index contributed by atoms with van der Waals surface area (Å²) in [7, 11) is 3.27. The molecule has 0 bridgehead atoms. The standard InChI is InChI=1S/C21H24N2O3/c1-14-21(17-7-10-19(25-3)20(13-17)26-4)15(2)23(22-14)18-8-5-16(6-9-18)11-12-24/h5-10,13,24H,11-12H2,1-4H3. The Labute approximate surface area is 153 Å². The molecular formula is C21H24N2O3. The maximum atomic E-state index is 9.06. The molecule has 2 aromatic carbocycles. The lowest BCUT2D eigenvalue weighted by Gasteiger charge is -2.10. The second-order valence-electron chi connectivity index (χ2n) is 6.17. The normalized spacial score (nSPS) is 10.8. The number of rotatable bonds is 6.